The number of fused-ring (bicyclic) bond motifs is 1. The molecule has 0 spiro atoms. The number of aromatic nitrogens is 2. The van der Waals surface area contributed by atoms with Crippen LogP contribution in [-0.2, 0) is 4.79 Å². The van der Waals surface area contributed by atoms with Crippen molar-refractivity contribution in [2.75, 3.05) is 25.5 Å². The molecule has 0 radical (unpaired) electrons. The van der Waals surface area contributed by atoms with Crippen LogP contribution in [0.5, 0.6) is 0 Å². The molecule has 2 N–H and O–H groups in total. The van der Waals surface area contributed by atoms with Crippen molar-refractivity contribution < 1.29 is 14.0 Å². The van der Waals surface area contributed by atoms with Crippen molar-refractivity contribution >= 4 is 34.2 Å². The lowest BCUT2D eigenvalue weighted by atomic mass is 10.0. The maximum absolute atomic E-state index is 14.8. The van der Waals surface area contributed by atoms with Gasteiger partial charge in [0, 0.05) is 24.7 Å². The average molecular weight is 431 g/mol. The van der Waals surface area contributed by atoms with E-state index in [0.717, 1.165) is 29.7 Å². The Kier molecular flexibility index (Phi) is 5.52. The van der Waals surface area contributed by atoms with Crippen LogP contribution < -0.4 is 10.6 Å². The first kappa shape index (κ1) is 20.4. The number of carbonyl (C=O) groups is 2. The number of hydrogen-bond donors (Lipinski definition) is 2. The summed E-state index contributed by atoms with van der Waals surface area (Å²) in [6, 6.07) is 1.82. The van der Waals surface area contributed by atoms with E-state index in [1.54, 1.807) is 4.90 Å². The van der Waals surface area contributed by atoms with Gasteiger partial charge in [0.05, 0.1) is 17.5 Å². The van der Waals surface area contributed by atoms with Crippen molar-refractivity contribution in [1.29, 1.82) is 0 Å². The molecular formula is C20H23FN6O2S. The van der Waals surface area contributed by atoms with Crippen LogP contribution in [0.1, 0.15) is 40.6 Å². The number of carbonyl (C=O) groups excluding carboxylic acids is 2. The lowest BCUT2D eigenvalue weighted by Crippen LogP contribution is -2.50. The van der Waals surface area contributed by atoms with Crippen molar-refractivity contribution in [2.45, 2.75) is 32.0 Å². The third kappa shape index (κ3) is 3.68. The summed E-state index contributed by atoms with van der Waals surface area (Å²) in [5.41, 5.74) is 1.32. The lowest BCUT2D eigenvalue weighted by Gasteiger charge is -2.39. The molecule has 2 aromatic heterocycles. The summed E-state index contributed by atoms with van der Waals surface area (Å²) in [5, 5.41) is 6.69. The molecule has 30 heavy (non-hydrogen) atoms. The van der Waals surface area contributed by atoms with E-state index in [4.69, 9.17) is 0 Å². The summed E-state index contributed by atoms with van der Waals surface area (Å²) in [7, 11) is 1.84. The number of amides is 2. The zero-order valence-corrected chi connectivity index (χ0v) is 17.6. The van der Waals surface area contributed by atoms with Crippen molar-refractivity contribution in [1.82, 2.24) is 24.5 Å². The van der Waals surface area contributed by atoms with Crippen molar-refractivity contribution in [3.8, 4) is 0 Å². The minimum Gasteiger partial charge on any atom is -0.338 e. The van der Waals surface area contributed by atoms with Crippen LogP contribution in [-0.4, -0.2) is 57.2 Å². The smallest absolute Gasteiger partial charge is 0.257 e. The predicted molar refractivity (Wildman–Crippen MR) is 112 cm³/mol. The highest BCUT2D eigenvalue weighted by atomic mass is 32.1. The number of anilines is 2. The van der Waals surface area contributed by atoms with Gasteiger partial charge in [0.2, 0.25) is 5.91 Å². The van der Waals surface area contributed by atoms with Crippen LogP contribution in [0.3, 0.4) is 0 Å². The van der Waals surface area contributed by atoms with E-state index in [1.807, 2.05) is 24.9 Å². The maximum Gasteiger partial charge on any atom is 0.257 e. The van der Waals surface area contributed by atoms with E-state index in [1.165, 1.54) is 17.6 Å². The van der Waals surface area contributed by atoms with Gasteiger partial charge in [-0.05, 0) is 50.5 Å². The van der Waals surface area contributed by atoms with Gasteiger partial charge in [-0.15, -0.1) is 0 Å². The highest BCUT2D eigenvalue weighted by molar-refractivity contribution is 7.10. The maximum atomic E-state index is 14.8. The Morgan fingerprint density at radius 2 is 2.33 bits per heavy atom. The van der Waals surface area contributed by atoms with Gasteiger partial charge in [-0.3, -0.25) is 14.5 Å². The van der Waals surface area contributed by atoms with E-state index in [0.29, 0.717) is 18.9 Å². The highest BCUT2D eigenvalue weighted by Crippen LogP contribution is 2.36. The van der Waals surface area contributed by atoms with Crippen LogP contribution in [0.2, 0.25) is 0 Å². The molecule has 2 aromatic rings. The predicted octanol–water partition coefficient (Wildman–Crippen LogP) is 2.58. The second-order valence-corrected chi connectivity index (χ2v) is 8.33. The molecule has 1 fully saturated rings. The molecule has 2 amide bonds. The molecule has 0 saturated carbocycles. The number of nitrogens with zero attached hydrogens (tertiary/aromatic N) is 4. The van der Waals surface area contributed by atoms with Gasteiger partial charge in [0.15, 0.2) is 0 Å². The van der Waals surface area contributed by atoms with E-state index in [9.17, 15) is 14.0 Å². The molecule has 1 saturated heterocycles. The molecule has 8 nitrogen and oxygen atoms in total. The second kappa shape index (κ2) is 8.11. The fraction of sp³-hybridized carbons (Fsp3) is 0.400. The molecule has 2 aliphatic heterocycles. The fourth-order valence-electron chi connectivity index (χ4n) is 4.03. The molecule has 2 atom stereocenters. The van der Waals surface area contributed by atoms with Crippen LogP contribution in [0, 0.1) is 12.7 Å². The van der Waals surface area contributed by atoms with E-state index >= 15 is 0 Å². The quantitative estimate of drug-likeness (QED) is 0.709. The third-order valence-electron chi connectivity index (χ3n) is 5.57. The van der Waals surface area contributed by atoms with E-state index < -0.39 is 12.0 Å². The number of pyridine rings is 1. The fourth-order valence-corrected chi connectivity index (χ4v) is 4.70. The van der Waals surface area contributed by atoms with Gasteiger partial charge in [-0.2, -0.15) is 4.37 Å². The minimum absolute atomic E-state index is 0.0213. The van der Waals surface area contributed by atoms with Crippen LogP contribution in [0.25, 0.3) is 0 Å². The largest absolute Gasteiger partial charge is 0.338 e. The molecular weight excluding hydrogens is 407 g/mol. The molecule has 10 heteroatoms. The van der Waals surface area contributed by atoms with Gasteiger partial charge in [-0.1, -0.05) is 6.58 Å². The number of aryl methyl sites for hydroxylation is 1. The highest BCUT2D eigenvalue weighted by Gasteiger charge is 2.40. The normalized spacial score (nSPS) is 20.8. The summed E-state index contributed by atoms with van der Waals surface area (Å²) >= 11 is 1.25. The number of halogens is 1. The first-order valence-electron chi connectivity index (χ1n) is 9.72. The van der Waals surface area contributed by atoms with Crippen molar-refractivity contribution in [3.05, 3.63) is 47.6 Å². The summed E-state index contributed by atoms with van der Waals surface area (Å²) in [5.74, 6) is -0.741. The zero-order valence-electron chi connectivity index (χ0n) is 16.8. The monoisotopic (exact) mass is 430 g/mol. The average Bonchev–Trinajstić information content (AvgIpc) is 3.32. The molecule has 4 heterocycles. The molecule has 2 unspecified atom stereocenters. The third-order valence-corrected chi connectivity index (χ3v) is 6.37. The first-order valence-corrected chi connectivity index (χ1v) is 10.5. The second-order valence-electron chi connectivity index (χ2n) is 7.53. The minimum atomic E-state index is -0.636. The van der Waals surface area contributed by atoms with Gasteiger partial charge in [0.25, 0.3) is 5.91 Å². The Labute approximate surface area is 177 Å². The lowest BCUT2D eigenvalue weighted by molar-refractivity contribution is -0.128. The van der Waals surface area contributed by atoms with Crippen molar-refractivity contribution in [2.24, 2.45) is 0 Å². The number of rotatable bonds is 5. The van der Waals surface area contributed by atoms with Gasteiger partial charge in [0.1, 0.15) is 22.8 Å². The van der Waals surface area contributed by atoms with Crippen LogP contribution in [0.15, 0.2) is 24.9 Å². The Balaban J connectivity index is 1.62. The van der Waals surface area contributed by atoms with Gasteiger partial charge < -0.3 is 15.5 Å². The van der Waals surface area contributed by atoms with Crippen LogP contribution >= 0.6 is 11.5 Å². The topological polar surface area (TPSA) is 90.5 Å². The van der Waals surface area contributed by atoms with E-state index in [-0.39, 0.29) is 29.0 Å². The summed E-state index contributed by atoms with van der Waals surface area (Å²) in [4.78, 5) is 32.6. The molecule has 0 aromatic carbocycles. The Bertz CT molecular complexity index is 1010. The Morgan fingerprint density at radius 3 is 3.03 bits per heavy atom. The van der Waals surface area contributed by atoms with E-state index in [2.05, 4.69) is 26.6 Å². The first-order chi connectivity index (χ1) is 14.4. The Hall–Kier alpha value is -2.85. The number of nitrogens with one attached hydrogen (secondary N) is 2. The zero-order chi connectivity index (χ0) is 21.4. The molecule has 158 valence electrons. The Morgan fingerprint density at radius 1 is 1.53 bits per heavy atom. The van der Waals surface area contributed by atoms with Crippen LogP contribution in [0.4, 0.5) is 15.2 Å². The number of likely N-dealkylation sites (N-methyl/N-ethyl adjacent to an activating group) is 1. The molecule has 0 aliphatic carbocycles. The summed E-state index contributed by atoms with van der Waals surface area (Å²) < 4.78 is 19.0. The number of hydrogen-bond acceptors (Lipinski definition) is 7. The van der Waals surface area contributed by atoms with Gasteiger partial charge in [-0.25, -0.2) is 9.37 Å². The number of likely N-dealkylation sites (tertiary alicyclic amines) is 1. The molecule has 0 bridgehead atoms. The standard InChI is InChI=1S/C20H23FN6O2S/c1-4-15(28)27-7-5-6-12(10-27)26(3)19-16-13(21)9-22-18(17(16)20(29)24-19)23-14-8-11(2)25-30-14/h4,8-9,12,19H,1,5-7,10H2,2-3H3,(H,22,23)(H,24,29). The SMILES string of the molecule is C=CC(=O)N1CCCC(N(C)C2NC(=O)c3c(Nc4cc(C)ns4)ncc(F)c32)C1. The number of piperidine rings is 1. The molecule has 4 rings (SSSR count). The van der Waals surface area contributed by atoms with Gasteiger partial charge >= 0.3 is 0 Å². The summed E-state index contributed by atoms with van der Waals surface area (Å²) in [6.45, 7) is 6.59. The molecule has 2 aliphatic rings. The van der Waals surface area contributed by atoms with Crippen molar-refractivity contribution in [3.63, 3.8) is 0 Å². The summed E-state index contributed by atoms with van der Waals surface area (Å²) in [6.07, 6.45) is 3.47.